The molecule has 142 valence electrons. The summed E-state index contributed by atoms with van der Waals surface area (Å²) < 4.78 is 38.1. The van der Waals surface area contributed by atoms with Gasteiger partial charge in [0, 0.05) is 49.2 Å². The van der Waals surface area contributed by atoms with E-state index in [9.17, 15) is 13.6 Å². The predicted octanol–water partition coefficient (Wildman–Crippen LogP) is 1.50. The minimum Gasteiger partial charge on any atom is -0.453 e. The average molecular weight is 367 g/mol. The molecule has 0 aromatic heterocycles. The summed E-state index contributed by atoms with van der Waals surface area (Å²) in [5.74, 6) is -0.554. The highest BCUT2D eigenvalue weighted by atomic mass is 19.1. The van der Waals surface area contributed by atoms with Crippen LogP contribution in [0.1, 0.15) is 18.1 Å². The topological polar surface area (TPSA) is 68.0 Å². The Balaban J connectivity index is 1.39. The summed E-state index contributed by atoms with van der Waals surface area (Å²) in [6, 6.07) is 3.34. The molecule has 3 aliphatic heterocycles. The second kappa shape index (κ2) is 6.75. The van der Waals surface area contributed by atoms with Crippen molar-refractivity contribution < 1.29 is 23.0 Å². The van der Waals surface area contributed by atoms with Crippen molar-refractivity contribution in [2.45, 2.75) is 30.7 Å². The molecule has 2 unspecified atom stereocenters. The van der Waals surface area contributed by atoms with Gasteiger partial charge in [-0.1, -0.05) is 0 Å². The Bertz CT molecular complexity index is 704. The molecule has 0 aliphatic carbocycles. The van der Waals surface area contributed by atoms with E-state index in [0.29, 0.717) is 32.0 Å². The van der Waals surface area contributed by atoms with Gasteiger partial charge in [-0.25, -0.2) is 13.6 Å². The molecule has 6 nitrogen and oxygen atoms in total. The van der Waals surface area contributed by atoms with E-state index < -0.39 is 23.8 Å². The van der Waals surface area contributed by atoms with Crippen LogP contribution in [0.2, 0.25) is 0 Å². The fourth-order valence-electron chi connectivity index (χ4n) is 4.50. The SMILES string of the molecule is COC(=O)N1CC2CN([C@H]3CO[C@H](c4cc(F)ccc4F)[C@@H](N)C3)C2C1. The molecule has 26 heavy (non-hydrogen) atoms. The second-order valence-electron chi connectivity index (χ2n) is 7.37. The smallest absolute Gasteiger partial charge is 0.409 e. The minimum absolute atomic E-state index is 0.122. The number of hydrogen-bond acceptors (Lipinski definition) is 5. The lowest BCUT2D eigenvalue weighted by molar-refractivity contribution is -0.0937. The lowest BCUT2D eigenvalue weighted by Gasteiger charge is -2.50. The van der Waals surface area contributed by atoms with Crippen molar-refractivity contribution >= 4 is 6.09 Å². The monoisotopic (exact) mass is 367 g/mol. The zero-order chi connectivity index (χ0) is 18.4. The normalized spacial score (nSPS) is 34.3. The first-order chi connectivity index (χ1) is 12.5. The number of rotatable bonds is 2. The molecule has 2 N–H and O–H groups in total. The van der Waals surface area contributed by atoms with Gasteiger partial charge in [0.05, 0.1) is 13.7 Å². The Kier molecular flexibility index (Phi) is 4.58. The molecule has 1 aromatic carbocycles. The van der Waals surface area contributed by atoms with E-state index in [1.165, 1.54) is 7.11 Å². The van der Waals surface area contributed by atoms with Gasteiger partial charge in [0.25, 0.3) is 0 Å². The van der Waals surface area contributed by atoms with E-state index in [1.807, 2.05) is 0 Å². The van der Waals surface area contributed by atoms with Crippen LogP contribution in [-0.4, -0.2) is 67.4 Å². The quantitative estimate of drug-likeness (QED) is 0.858. The molecule has 3 saturated heterocycles. The van der Waals surface area contributed by atoms with Gasteiger partial charge < -0.3 is 20.1 Å². The van der Waals surface area contributed by atoms with Gasteiger partial charge in [-0.05, 0) is 24.6 Å². The maximum atomic E-state index is 14.0. The van der Waals surface area contributed by atoms with E-state index in [1.54, 1.807) is 4.90 Å². The van der Waals surface area contributed by atoms with Crippen molar-refractivity contribution in [3.63, 3.8) is 0 Å². The summed E-state index contributed by atoms with van der Waals surface area (Å²) in [6.45, 7) is 2.66. The van der Waals surface area contributed by atoms with Crippen molar-refractivity contribution in [1.82, 2.24) is 9.80 Å². The Labute approximate surface area is 150 Å². The van der Waals surface area contributed by atoms with E-state index in [4.69, 9.17) is 15.2 Å². The number of likely N-dealkylation sites (tertiary alicyclic amines) is 2. The number of nitrogens with two attached hydrogens (primary N) is 1. The molecule has 1 amide bonds. The van der Waals surface area contributed by atoms with Crippen molar-refractivity contribution in [3.8, 4) is 0 Å². The maximum Gasteiger partial charge on any atom is 0.409 e. The standard InChI is InChI=1S/C18H23F2N3O3/c1-25-18(24)22-6-10-7-23(16(10)8-22)12-5-15(21)17(26-9-12)13-4-11(19)2-3-14(13)20/h2-4,10,12,15-17H,5-9,21H2,1H3/t10?,12-,15+,16?,17-/m1/s1. The average Bonchev–Trinajstić information content (AvgIpc) is 2.94. The number of fused-ring (bicyclic) bond motifs is 1. The zero-order valence-corrected chi connectivity index (χ0v) is 14.6. The highest BCUT2D eigenvalue weighted by Crippen LogP contribution is 2.38. The van der Waals surface area contributed by atoms with Crippen LogP contribution in [-0.2, 0) is 9.47 Å². The first kappa shape index (κ1) is 17.6. The van der Waals surface area contributed by atoms with Crippen LogP contribution in [0.5, 0.6) is 0 Å². The Morgan fingerprint density at radius 3 is 2.85 bits per heavy atom. The van der Waals surface area contributed by atoms with E-state index in [2.05, 4.69) is 4.90 Å². The van der Waals surface area contributed by atoms with Gasteiger partial charge >= 0.3 is 6.09 Å². The van der Waals surface area contributed by atoms with Crippen molar-refractivity contribution in [2.75, 3.05) is 33.4 Å². The van der Waals surface area contributed by atoms with Crippen molar-refractivity contribution in [3.05, 3.63) is 35.4 Å². The van der Waals surface area contributed by atoms with E-state index in [-0.39, 0.29) is 23.7 Å². The van der Waals surface area contributed by atoms with Crippen LogP contribution >= 0.6 is 0 Å². The molecule has 0 bridgehead atoms. The third-order valence-corrected chi connectivity index (χ3v) is 5.85. The molecule has 5 atom stereocenters. The van der Waals surface area contributed by atoms with Crippen LogP contribution in [0.15, 0.2) is 18.2 Å². The maximum absolute atomic E-state index is 14.0. The predicted molar refractivity (Wildman–Crippen MR) is 89.4 cm³/mol. The third-order valence-electron chi connectivity index (χ3n) is 5.85. The fraction of sp³-hybridized carbons (Fsp3) is 0.611. The fourth-order valence-corrected chi connectivity index (χ4v) is 4.50. The number of benzene rings is 1. The Morgan fingerprint density at radius 2 is 2.12 bits per heavy atom. The van der Waals surface area contributed by atoms with Gasteiger partial charge in [0.1, 0.15) is 17.7 Å². The molecule has 3 heterocycles. The van der Waals surface area contributed by atoms with Crippen LogP contribution in [0.25, 0.3) is 0 Å². The minimum atomic E-state index is -0.644. The zero-order valence-electron chi connectivity index (χ0n) is 14.6. The number of nitrogens with zero attached hydrogens (tertiary/aromatic N) is 2. The van der Waals surface area contributed by atoms with Gasteiger partial charge in [0.2, 0.25) is 0 Å². The summed E-state index contributed by atoms with van der Waals surface area (Å²) in [5, 5.41) is 0. The summed E-state index contributed by atoms with van der Waals surface area (Å²) in [4.78, 5) is 15.7. The molecule has 0 radical (unpaired) electrons. The number of carbonyl (C=O) groups excluding carboxylic acids is 1. The largest absolute Gasteiger partial charge is 0.453 e. The number of amides is 1. The van der Waals surface area contributed by atoms with Crippen LogP contribution in [0.4, 0.5) is 13.6 Å². The molecular weight excluding hydrogens is 344 g/mol. The summed E-state index contributed by atoms with van der Waals surface area (Å²) in [6.07, 6.45) is -0.297. The van der Waals surface area contributed by atoms with E-state index in [0.717, 1.165) is 24.7 Å². The highest BCUT2D eigenvalue weighted by Gasteiger charge is 2.50. The molecule has 0 saturated carbocycles. The lowest BCUT2D eigenvalue weighted by Crippen LogP contribution is -2.63. The van der Waals surface area contributed by atoms with Crippen LogP contribution < -0.4 is 5.73 Å². The Morgan fingerprint density at radius 1 is 1.31 bits per heavy atom. The molecule has 4 rings (SSSR count). The van der Waals surface area contributed by atoms with Crippen LogP contribution in [0, 0.1) is 17.6 Å². The molecular formula is C18H23F2N3O3. The number of ether oxygens (including phenoxy) is 2. The van der Waals surface area contributed by atoms with E-state index >= 15 is 0 Å². The number of carbonyl (C=O) groups is 1. The Hall–Kier alpha value is -1.77. The summed E-state index contributed by atoms with van der Waals surface area (Å²) >= 11 is 0. The highest BCUT2D eigenvalue weighted by molar-refractivity contribution is 5.68. The van der Waals surface area contributed by atoms with Gasteiger partial charge in [-0.3, -0.25) is 4.90 Å². The molecule has 3 aliphatic rings. The van der Waals surface area contributed by atoms with Gasteiger partial charge in [-0.15, -0.1) is 0 Å². The molecule has 1 aromatic rings. The molecule has 0 spiro atoms. The van der Waals surface area contributed by atoms with Crippen molar-refractivity contribution in [2.24, 2.45) is 11.7 Å². The first-order valence-electron chi connectivity index (χ1n) is 8.88. The number of halogens is 2. The third kappa shape index (κ3) is 2.95. The van der Waals surface area contributed by atoms with Crippen molar-refractivity contribution in [1.29, 1.82) is 0 Å². The van der Waals surface area contributed by atoms with Gasteiger partial charge in [-0.2, -0.15) is 0 Å². The number of hydrogen-bond donors (Lipinski definition) is 1. The first-order valence-corrected chi connectivity index (χ1v) is 8.88. The molecule has 8 heteroatoms. The number of methoxy groups -OCH3 is 1. The molecule has 3 fully saturated rings. The van der Waals surface area contributed by atoms with Crippen LogP contribution in [0.3, 0.4) is 0 Å². The lowest BCUT2D eigenvalue weighted by atomic mass is 9.86. The summed E-state index contributed by atoms with van der Waals surface area (Å²) in [5.41, 5.74) is 6.42. The van der Waals surface area contributed by atoms with Gasteiger partial charge in [0.15, 0.2) is 0 Å². The summed E-state index contributed by atoms with van der Waals surface area (Å²) in [7, 11) is 1.39. The second-order valence-corrected chi connectivity index (χ2v) is 7.37.